The lowest BCUT2D eigenvalue weighted by molar-refractivity contribution is 0.0491. The average Bonchev–Trinajstić information content (AvgIpc) is 2.77. The summed E-state index contributed by atoms with van der Waals surface area (Å²) in [5.41, 5.74) is 5.40. The summed E-state index contributed by atoms with van der Waals surface area (Å²) in [5, 5.41) is 5.08. The van der Waals surface area contributed by atoms with Gasteiger partial charge in [-0.1, -0.05) is 92.9 Å². The van der Waals surface area contributed by atoms with E-state index in [9.17, 15) is 0 Å². The lowest BCUT2D eigenvalue weighted by Gasteiger charge is -2.34. The van der Waals surface area contributed by atoms with Gasteiger partial charge in [0.1, 0.15) is 5.75 Å². The van der Waals surface area contributed by atoms with Crippen molar-refractivity contribution in [3.63, 3.8) is 0 Å². The van der Waals surface area contributed by atoms with E-state index in [4.69, 9.17) is 9.47 Å². The van der Waals surface area contributed by atoms with Gasteiger partial charge in [0, 0.05) is 30.4 Å². The Morgan fingerprint density at radius 3 is 2.41 bits per heavy atom. The number of ether oxygens (including phenoxy) is 2. The van der Waals surface area contributed by atoms with E-state index < -0.39 is 0 Å². The SMILES string of the molecule is CCCC(C)c1cccc(C(C)(CC)Pc2c(C)cccc2CNC(C)C)c1OCOC. The van der Waals surface area contributed by atoms with Gasteiger partial charge in [-0.2, -0.15) is 0 Å². The van der Waals surface area contributed by atoms with Crippen LogP contribution in [0.3, 0.4) is 0 Å². The van der Waals surface area contributed by atoms with Crippen LogP contribution in [0.4, 0.5) is 0 Å². The first-order valence-electron chi connectivity index (χ1n) is 12.1. The Bertz CT molecular complexity index is 851. The molecule has 0 fully saturated rings. The van der Waals surface area contributed by atoms with Gasteiger partial charge in [-0.3, -0.25) is 0 Å². The van der Waals surface area contributed by atoms with Crippen LogP contribution in [0.25, 0.3) is 0 Å². The predicted molar refractivity (Wildman–Crippen MR) is 141 cm³/mol. The minimum atomic E-state index is -0.0102. The lowest BCUT2D eigenvalue weighted by atomic mass is 9.89. The monoisotopic (exact) mass is 457 g/mol. The molecule has 0 aromatic heterocycles. The average molecular weight is 458 g/mol. The summed E-state index contributed by atoms with van der Waals surface area (Å²) in [7, 11) is 2.35. The van der Waals surface area contributed by atoms with E-state index >= 15 is 0 Å². The minimum absolute atomic E-state index is 0.0102. The molecule has 2 aromatic rings. The quantitative estimate of drug-likeness (QED) is 0.259. The highest BCUT2D eigenvalue weighted by molar-refractivity contribution is 7.48. The van der Waals surface area contributed by atoms with Crippen molar-refractivity contribution in [1.82, 2.24) is 5.32 Å². The van der Waals surface area contributed by atoms with Gasteiger partial charge in [0.2, 0.25) is 0 Å². The number of rotatable bonds is 13. The fourth-order valence-corrected chi connectivity index (χ4v) is 5.91. The molecule has 0 saturated heterocycles. The summed E-state index contributed by atoms with van der Waals surface area (Å²) in [4.78, 5) is 0. The van der Waals surface area contributed by atoms with Crippen molar-refractivity contribution in [1.29, 1.82) is 0 Å². The Labute approximate surface area is 198 Å². The number of hydrogen-bond acceptors (Lipinski definition) is 3. The topological polar surface area (TPSA) is 30.5 Å². The van der Waals surface area contributed by atoms with E-state index in [0.29, 0.717) is 20.5 Å². The lowest BCUT2D eigenvalue weighted by Crippen LogP contribution is -2.27. The van der Waals surface area contributed by atoms with Crippen LogP contribution in [-0.4, -0.2) is 19.9 Å². The normalized spacial score (nSPS) is 14.8. The van der Waals surface area contributed by atoms with Gasteiger partial charge in [0.05, 0.1) is 0 Å². The van der Waals surface area contributed by atoms with Gasteiger partial charge in [0.25, 0.3) is 0 Å². The first kappa shape index (κ1) is 26.8. The number of para-hydroxylation sites is 1. The van der Waals surface area contributed by atoms with Crippen LogP contribution in [0.1, 0.15) is 89.0 Å². The molecule has 0 heterocycles. The third-order valence-electron chi connectivity index (χ3n) is 6.38. The van der Waals surface area contributed by atoms with Crippen molar-refractivity contribution < 1.29 is 9.47 Å². The largest absolute Gasteiger partial charge is 0.467 e. The Hall–Kier alpha value is -1.41. The molecule has 178 valence electrons. The third kappa shape index (κ3) is 6.80. The first-order valence-corrected chi connectivity index (χ1v) is 13.1. The number of hydrogen-bond donors (Lipinski definition) is 1. The first-order chi connectivity index (χ1) is 15.3. The van der Waals surface area contributed by atoms with E-state index in [1.807, 2.05) is 0 Å². The maximum absolute atomic E-state index is 6.28. The second kappa shape index (κ2) is 12.7. The molecule has 3 atom stereocenters. The van der Waals surface area contributed by atoms with Crippen molar-refractivity contribution in [2.75, 3.05) is 13.9 Å². The maximum Gasteiger partial charge on any atom is 0.188 e. The molecular formula is C28H44NO2P. The number of benzene rings is 2. The van der Waals surface area contributed by atoms with E-state index in [0.717, 1.165) is 31.6 Å². The summed E-state index contributed by atoms with van der Waals surface area (Å²) in [5.74, 6) is 1.49. The molecule has 2 rings (SSSR count). The van der Waals surface area contributed by atoms with Gasteiger partial charge in [-0.15, -0.1) is 0 Å². The minimum Gasteiger partial charge on any atom is -0.467 e. The van der Waals surface area contributed by atoms with Crippen LogP contribution in [0.2, 0.25) is 0 Å². The fourth-order valence-electron chi connectivity index (χ4n) is 4.24. The Balaban J connectivity index is 2.54. The molecule has 32 heavy (non-hydrogen) atoms. The van der Waals surface area contributed by atoms with Gasteiger partial charge >= 0.3 is 0 Å². The van der Waals surface area contributed by atoms with Gasteiger partial charge < -0.3 is 14.8 Å². The van der Waals surface area contributed by atoms with E-state index in [1.54, 1.807) is 7.11 Å². The van der Waals surface area contributed by atoms with Crippen molar-refractivity contribution in [2.24, 2.45) is 0 Å². The molecule has 2 aromatic carbocycles. The number of nitrogens with one attached hydrogen (secondary N) is 1. The zero-order valence-corrected chi connectivity index (χ0v) is 22.5. The zero-order valence-electron chi connectivity index (χ0n) is 21.5. The number of aryl methyl sites for hydroxylation is 1. The summed E-state index contributed by atoms with van der Waals surface area (Å²) in [6.07, 6.45) is 3.36. The van der Waals surface area contributed by atoms with Crippen LogP contribution >= 0.6 is 8.58 Å². The molecule has 3 nitrogen and oxygen atoms in total. The number of methoxy groups -OCH3 is 1. The molecule has 0 aliphatic rings. The molecule has 0 saturated carbocycles. The molecule has 1 N–H and O–H groups in total. The van der Waals surface area contributed by atoms with Crippen LogP contribution in [0.5, 0.6) is 5.75 Å². The van der Waals surface area contributed by atoms with Crippen LogP contribution < -0.4 is 15.4 Å². The Morgan fingerprint density at radius 1 is 1.06 bits per heavy atom. The highest BCUT2D eigenvalue weighted by Gasteiger charge is 2.32. The summed E-state index contributed by atoms with van der Waals surface area (Å²) in [6.45, 7) is 17.1. The summed E-state index contributed by atoms with van der Waals surface area (Å²) < 4.78 is 11.6. The molecule has 0 aliphatic heterocycles. The maximum atomic E-state index is 6.28. The second-order valence-electron chi connectivity index (χ2n) is 9.42. The molecule has 0 radical (unpaired) electrons. The van der Waals surface area contributed by atoms with Crippen LogP contribution in [0, 0.1) is 6.92 Å². The summed E-state index contributed by atoms with van der Waals surface area (Å²) >= 11 is 0. The van der Waals surface area contributed by atoms with Crippen molar-refractivity contribution in [3.8, 4) is 5.75 Å². The van der Waals surface area contributed by atoms with E-state index in [2.05, 4.69) is 90.2 Å². The standard InChI is InChI=1S/C28H44NO2P/c1-9-13-21(5)24-16-12-17-25(26(24)31-19-30-8)28(7,10-2)32-27-22(6)14-11-15-23(27)18-29-20(3)4/h11-12,14-17,20-21,29,32H,9-10,13,18-19H2,1-8H3. The second-order valence-corrected chi connectivity index (χ2v) is 11.3. The molecule has 4 heteroatoms. The highest BCUT2D eigenvalue weighted by atomic mass is 31.1. The fraction of sp³-hybridized carbons (Fsp3) is 0.571. The van der Waals surface area contributed by atoms with Crippen molar-refractivity contribution in [2.45, 2.75) is 91.4 Å². The van der Waals surface area contributed by atoms with Crippen molar-refractivity contribution >= 4 is 13.9 Å². The van der Waals surface area contributed by atoms with Crippen LogP contribution in [0.15, 0.2) is 36.4 Å². The predicted octanol–water partition coefficient (Wildman–Crippen LogP) is 7.01. The summed E-state index contributed by atoms with van der Waals surface area (Å²) in [6, 6.07) is 13.9. The third-order valence-corrected chi connectivity index (χ3v) is 8.52. The smallest absolute Gasteiger partial charge is 0.188 e. The van der Waals surface area contributed by atoms with Crippen molar-refractivity contribution in [3.05, 3.63) is 58.7 Å². The van der Waals surface area contributed by atoms with E-state index in [1.165, 1.54) is 27.6 Å². The molecule has 0 aliphatic carbocycles. The molecule has 0 spiro atoms. The van der Waals surface area contributed by atoms with Gasteiger partial charge in [-0.05, 0) is 47.7 Å². The Morgan fingerprint density at radius 2 is 1.78 bits per heavy atom. The highest BCUT2D eigenvalue weighted by Crippen LogP contribution is 2.50. The Kier molecular flexibility index (Phi) is 10.7. The van der Waals surface area contributed by atoms with Crippen LogP contribution in [-0.2, 0) is 16.4 Å². The molecule has 3 unspecified atom stereocenters. The zero-order chi connectivity index (χ0) is 23.7. The van der Waals surface area contributed by atoms with Gasteiger partial charge in [0.15, 0.2) is 6.79 Å². The molecular weight excluding hydrogens is 413 g/mol. The van der Waals surface area contributed by atoms with Gasteiger partial charge in [-0.25, -0.2) is 0 Å². The molecule has 0 bridgehead atoms. The van der Waals surface area contributed by atoms with E-state index in [-0.39, 0.29) is 11.9 Å². The molecule has 0 amide bonds.